The third-order valence-electron chi connectivity index (χ3n) is 2.39. The molecule has 0 heterocycles. The predicted octanol–water partition coefficient (Wildman–Crippen LogP) is 1.47. The minimum Gasteiger partial charge on any atom is -0.397 e. The number of nitrogens with zero attached hydrogens (tertiary/aromatic N) is 1. The second-order valence-electron chi connectivity index (χ2n) is 4.19. The van der Waals surface area contributed by atoms with Crippen LogP contribution in [0.5, 0.6) is 0 Å². The highest BCUT2D eigenvalue weighted by Crippen LogP contribution is 2.20. The average Bonchev–Trinajstić information content (AvgIpc) is 2.20. The second-order valence-corrected chi connectivity index (χ2v) is 4.19. The lowest BCUT2D eigenvalue weighted by Gasteiger charge is -2.20. The molecule has 16 heavy (non-hydrogen) atoms. The van der Waals surface area contributed by atoms with E-state index < -0.39 is 0 Å². The number of likely N-dealkylation sites (N-methyl/N-ethyl adjacent to an activating group) is 1. The van der Waals surface area contributed by atoms with Crippen LogP contribution >= 0.6 is 0 Å². The van der Waals surface area contributed by atoms with Crippen LogP contribution < -0.4 is 11.1 Å². The molecule has 1 amide bonds. The lowest BCUT2D eigenvalue weighted by atomic mass is 10.2. The smallest absolute Gasteiger partial charge is 0.244 e. The number of aryl methyl sites for hydroxylation is 1. The number of rotatable bonds is 3. The van der Waals surface area contributed by atoms with E-state index in [2.05, 4.69) is 5.32 Å². The fraction of sp³-hybridized carbons (Fsp3) is 0.417. The van der Waals surface area contributed by atoms with Crippen LogP contribution in [0.2, 0.25) is 0 Å². The minimum absolute atomic E-state index is 0.0278. The van der Waals surface area contributed by atoms with Crippen LogP contribution in [-0.2, 0) is 4.79 Å². The summed E-state index contributed by atoms with van der Waals surface area (Å²) in [5.74, 6) is 0.0278. The van der Waals surface area contributed by atoms with Crippen molar-refractivity contribution in [2.45, 2.75) is 19.9 Å². The molecule has 0 aromatic heterocycles. The molecule has 0 aliphatic carbocycles. The van der Waals surface area contributed by atoms with E-state index in [-0.39, 0.29) is 11.9 Å². The molecule has 0 saturated carbocycles. The molecule has 1 rings (SSSR count). The molecule has 4 heteroatoms. The highest BCUT2D eigenvalue weighted by atomic mass is 16.2. The number of amides is 1. The van der Waals surface area contributed by atoms with Crippen LogP contribution in [0.15, 0.2) is 18.2 Å². The molecule has 1 unspecified atom stereocenters. The van der Waals surface area contributed by atoms with Gasteiger partial charge in [0.1, 0.15) is 6.04 Å². The van der Waals surface area contributed by atoms with Crippen molar-refractivity contribution in [3.8, 4) is 0 Å². The zero-order chi connectivity index (χ0) is 12.3. The Morgan fingerprint density at radius 3 is 2.56 bits per heavy atom. The number of carbonyl (C=O) groups excluding carboxylic acids is 1. The van der Waals surface area contributed by atoms with Crippen LogP contribution in [-0.4, -0.2) is 30.9 Å². The lowest BCUT2D eigenvalue weighted by Crippen LogP contribution is -2.36. The van der Waals surface area contributed by atoms with Crippen LogP contribution in [0, 0.1) is 6.92 Å². The first-order chi connectivity index (χ1) is 7.41. The molecule has 0 saturated heterocycles. The Morgan fingerprint density at radius 2 is 2.06 bits per heavy atom. The van der Waals surface area contributed by atoms with E-state index in [9.17, 15) is 4.79 Å². The quantitative estimate of drug-likeness (QED) is 0.760. The number of hydrogen-bond donors (Lipinski definition) is 2. The fourth-order valence-electron chi connectivity index (χ4n) is 1.50. The summed E-state index contributed by atoms with van der Waals surface area (Å²) in [5, 5.41) is 3.10. The number of anilines is 2. The maximum absolute atomic E-state index is 11.6. The average molecular weight is 221 g/mol. The summed E-state index contributed by atoms with van der Waals surface area (Å²) in [4.78, 5) is 13.2. The summed E-state index contributed by atoms with van der Waals surface area (Å²) in [6.45, 7) is 3.80. The van der Waals surface area contributed by atoms with Gasteiger partial charge in [-0.1, -0.05) is 6.07 Å². The predicted molar refractivity (Wildman–Crippen MR) is 67.4 cm³/mol. The molecule has 0 spiro atoms. The van der Waals surface area contributed by atoms with Gasteiger partial charge in [0.25, 0.3) is 0 Å². The summed E-state index contributed by atoms with van der Waals surface area (Å²) < 4.78 is 0. The van der Waals surface area contributed by atoms with Gasteiger partial charge in [-0.25, -0.2) is 0 Å². The molecule has 0 bridgehead atoms. The number of nitrogens with two attached hydrogens (primary N) is 1. The Bertz CT molecular complexity index is 388. The van der Waals surface area contributed by atoms with Gasteiger partial charge in [-0.2, -0.15) is 0 Å². The topological polar surface area (TPSA) is 58.4 Å². The van der Waals surface area contributed by atoms with E-state index in [1.165, 1.54) is 0 Å². The molecular formula is C12H19N3O. The lowest BCUT2D eigenvalue weighted by molar-refractivity contribution is -0.129. The van der Waals surface area contributed by atoms with Gasteiger partial charge in [-0.15, -0.1) is 0 Å². The number of nitrogens with one attached hydrogen (secondary N) is 1. The second kappa shape index (κ2) is 4.88. The normalized spacial score (nSPS) is 12.0. The largest absolute Gasteiger partial charge is 0.397 e. The summed E-state index contributed by atoms with van der Waals surface area (Å²) in [6.07, 6.45) is 0. The van der Waals surface area contributed by atoms with Crippen molar-refractivity contribution < 1.29 is 4.79 Å². The van der Waals surface area contributed by atoms with Crippen molar-refractivity contribution >= 4 is 17.3 Å². The third-order valence-corrected chi connectivity index (χ3v) is 2.39. The zero-order valence-electron chi connectivity index (χ0n) is 10.2. The van der Waals surface area contributed by atoms with Gasteiger partial charge < -0.3 is 16.0 Å². The Balaban J connectivity index is 2.77. The van der Waals surface area contributed by atoms with E-state index >= 15 is 0 Å². The molecular weight excluding hydrogens is 202 g/mol. The van der Waals surface area contributed by atoms with E-state index in [0.29, 0.717) is 5.69 Å². The van der Waals surface area contributed by atoms with Gasteiger partial charge in [0.05, 0.1) is 11.4 Å². The molecule has 0 fully saturated rings. The van der Waals surface area contributed by atoms with Gasteiger partial charge in [0.2, 0.25) is 5.91 Å². The standard InChI is InChI=1S/C12H19N3O/c1-8-5-6-11(10(13)7-8)14-9(2)12(16)15(3)4/h5-7,9,14H,13H2,1-4H3. The third kappa shape index (κ3) is 2.89. The first kappa shape index (κ1) is 12.4. The van der Waals surface area contributed by atoms with Crippen LogP contribution in [0.4, 0.5) is 11.4 Å². The van der Waals surface area contributed by atoms with Gasteiger partial charge in [-0.3, -0.25) is 4.79 Å². The first-order valence-corrected chi connectivity index (χ1v) is 5.25. The van der Waals surface area contributed by atoms with Crippen molar-refractivity contribution in [3.63, 3.8) is 0 Å². The highest BCUT2D eigenvalue weighted by Gasteiger charge is 2.15. The van der Waals surface area contributed by atoms with Crippen molar-refractivity contribution in [1.82, 2.24) is 4.90 Å². The van der Waals surface area contributed by atoms with Crippen molar-refractivity contribution in [3.05, 3.63) is 23.8 Å². The number of nitrogen functional groups attached to an aromatic ring is 1. The Labute approximate surface area is 96.4 Å². The monoisotopic (exact) mass is 221 g/mol. The number of benzene rings is 1. The molecule has 1 atom stereocenters. The maximum Gasteiger partial charge on any atom is 0.244 e. The van der Waals surface area contributed by atoms with E-state index in [1.807, 2.05) is 32.0 Å². The summed E-state index contributed by atoms with van der Waals surface area (Å²) in [7, 11) is 3.47. The van der Waals surface area contributed by atoms with E-state index in [4.69, 9.17) is 5.73 Å². The summed E-state index contributed by atoms with van der Waals surface area (Å²) >= 11 is 0. The van der Waals surface area contributed by atoms with E-state index in [0.717, 1.165) is 11.3 Å². The Morgan fingerprint density at radius 1 is 1.44 bits per heavy atom. The van der Waals surface area contributed by atoms with Crippen molar-refractivity contribution in [1.29, 1.82) is 0 Å². The molecule has 0 aliphatic heterocycles. The fourth-order valence-corrected chi connectivity index (χ4v) is 1.50. The Kier molecular flexibility index (Phi) is 3.77. The number of carbonyl (C=O) groups is 1. The van der Waals surface area contributed by atoms with E-state index in [1.54, 1.807) is 19.0 Å². The highest BCUT2D eigenvalue weighted by molar-refractivity contribution is 5.85. The van der Waals surface area contributed by atoms with Gasteiger partial charge in [0, 0.05) is 14.1 Å². The van der Waals surface area contributed by atoms with Crippen molar-refractivity contribution in [2.24, 2.45) is 0 Å². The zero-order valence-corrected chi connectivity index (χ0v) is 10.2. The molecule has 88 valence electrons. The van der Waals surface area contributed by atoms with Gasteiger partial charge >= 0.3 is 0 Å². The minimum atomic E-state index is -0.278. The number of hydrogen-bond acceptors (Lipinski definition) is 3. The van der Waals surface area contributed by atoms with Crippen LogP contribution in [0.1, 0.15) is 12.5 Å². The summed E-state index contributed by atoms with van der Waals surface area (Å²) in [5.41, 5.74) is 8.43. The molecule has 3 N–H and O–H groups in total. The first-order valence-electron chi connectivity index (χ1n) is 5.25. The van der Waals surface area contributed by atoms with Gasteiger partial charge in [0.15, 0.2) is 0 Å². The molecule has 1 aromatic rings. The molecule has 0 radical (unpaired) electrons. The Hall–Kier alpha value is -1.71. The molecule has 4 nitrogen and oxygen atoms in total. The van der Waals surface area contributed by atoms with Crippen LogP contribution in [0.3, 0.4) is 0 Å². The van der Waals surface area contributed by atoms with Crippen molar-refractivity contribution in [2.75, 3.05) is 25.1 Å². The van der Waals surface area contributed by atoms with Crippen LogP contribution in [0.25, 0.3) is 0 Å². The maximum atomic E-state index is 11.6. The molecule has 1 aromatic carbocycles. The van der Waals surface area contributed by atoms with Gasteiger partial charge in [-0.05, 0) is 31.5 Å². The molecule has 0 aliphatic rings. The SMILES string of the molecule is Cc1ccc(NC(C)C(=O)N(C)C)c(N)c1. The summed E-state index contributed by atoms with van der Waals surface area (Å²) in [6, 6.07) is 5.46.